The van der Waals surface area contributed by atoms with Gasteiger partial charge in [0.25, 0.3) is 0 Å². The maximum Gasteiger partial charge on any atom is 0.472 e. The number of ether oxygens (including phenoxy) is 4. The second kappa shape index (κ2) is 71.0. The molecule has 0 saturated carbocycles. The van der Waals surface area contributed by atoms with Gasteiger partial charge in [-0.25, -0.2) is 9.13 Å². The number of carbonyl (C=O) groups is 4. The molecule has 0 aromatic rings. The van der Waals surface area contributed by atoms with Crippen LogP contribution >= 0.6 is 15.6 Å². The third kappa shape index (κ3) is 70.0. The molecule has 0 rings (SSSR count). The molecule has 0 aromatic carbocycles. The van der Waals surface area contributed by atoms with Gasteiger partial charge in [-0.2, -0.15) is 0 Å². The monoisotopic (exact) mass is 1410 g/mol. The topological polar surface area (TPSA) is 237 Å². The van der Waals surface area contributed by atoms with Crippen LogP contribution < -0.4 is 0 Å². The van der Waals surface area contributed by atoms with Crippen LogP contribution in [0.5, 0.6) is 0 Å². The molecule has 19 heteroatoms. The molecule has 566 valence electrons. The average molecular weight is 1410 g/mol. The van der Waals surface area contributed by atoms with E-state index in [1.807, 2.05) is 0 Å². The number of carbonyl (C=O) groups excluding carboxylic acids is 4. The fourth-order valence-electron chi connectivity index (χ4n) is 11.4. The summed E-state index contributed by atoms with van der Waals surface area (Å²) in [5, 5.41) is 10.6. The van der Waals surface area contributed by atoms with Crippen molar-refractivity contribution in [1.82, 2.24) is 0 Å². The van der Waals surface area contributed by atoms with Crippen LogP contribution in [0.2, 0.25) is 0 Å². The van der Waals surface area contributed by atoms with Gasteiger partial charge in [0.15, 0.2) is 12.2 Å². The molecule has 3 N–H and O–H groups in total. The summed E-state index contributed by atoms with van der Waals surface area (Å²) >= 11 is 0. The highest BCUT2D eigenvalue weighted by molar-refractivity contribution is 7.47. The molecule has 0 aliphatic rings. The Morgan fingerprint density at radius 3 is 0.760 bits per heavy atom. The summed E-state index contributed by atoms with van der Waals surface area (Å²) in [7, 11) is -9.91. The number of phosphoric ester groups is 2. The predicted molar refractivity (Wildman–Crippen MR) is 391 cm³/mol. The number of phosphoric acid groups is 2. The lowest BCUT2D eigenvalue weighted by molar-refractivity contribution is -0.161. The van der Waals surface area contributed by atoms with Crippen molar-refractivity contribution in [2.75, 3.05) is 39.6 Å². The number of allylic oxidation sites excluding steroid dienone is 4. The number of rotatable bonds is 76. The molecule has 0 amide bonds. The van der Waals surface area contributed by atoms with Crippen LogP contribution in [0.25, 0.3) is 0 Å². The smallest absolute Gasteiger partial charge is 0.462 e. The van der Waals surface area contributed by atoms with Crippen LogP contribution in [0.15, 0.2) is 24.3 Å². The first kappa shape index (κ1) is 93.5. The second-order valence-electron chi connectivity index (χ2n) is 27.1. The summed E-state index contributed by atoms with van der Waals surface area (Å²) in [4.78, 5) is 72.5. The summed E-state index contributed by atoms with van der Waals surface area (Å²) in [5.74, 6) is -2.15. The van der Waals surface area contributed by atoms with Crippen molar-refractivity contribution in [1.29, 1.82) is 0 Å². The molecule has 0 aliphatic heterocycles. The van der Waals surface area contributed by atoms with E-state index in [0.717, 1.165) is 109 Å². The first-order valence-electron chi connectivity index (χ1n) is 39.6. The van der Waals surface area contributed by atoms with Crippen molar-refractivity contribution in [3.63, 3.8) is 0 Å². The van der Waals surface area contributed by atoms with Gasteiger partial charge in [0.05, 0.1) is 26.4 Å². The van der Waals surface area contributed by atoms with Crippen molar-refractivity contribution in [3.05, 3.63) is 24.3 Å². The summed E-state index contributed by atoms with van der Waals surface area (Å²) in [6, 6.07) is 0. The Morgan fingerprint density at radius 2 is 0.500 bits per heavy atom. The molecular formula is C77H146O17P2. The molecule has 96 heavy (non-hydrogen) atoms. The van der Waals surface area contributed by atoms with E-state index >= 15 is 0 Å². The summed E-state index contributed by atoms with van der Waals surface area (Å²) in [5.41, 5.74) is 0. The fraction of sp³-hybridized carbons (Fsp3) is 0.896. The Labute approximate surface area is 586 Å². The third-order valence-corrected chi connectivity index (χ3v) is 19.4. The Hall–Kier alpha value is -2.46. The first-order valence-corrected chi connectivity index (χ1v) is 42.6. The second-order valence-corrected chi connectivity index (χ2v) is 30.0. The van der Waals surface area contributed by atoms with Gasteiger partial charge in [-0.3, -0.25) is 37.3 Å². The summed E-state index contributed by atoms with van der Waals surface area (Å²) in [6.07, 6.45) is 65.1. The van der Waals surface area contributed by atoms with Crippen molar-refractivity contribution < 1.29 is 80.2 Å². The minimum absolute atomic E-state index is 0.0846. The van der Waals surface area contributed by atoms with Crippen LogP contribution in [0, 0.1) is 0 Å². The van der Waals surface area contributed by atoms with Crippen molar-refractivity contribution in [2.24, 2.45) is 0 Å². The van der Waals surface area contributed by atoms with Crippen LogP contribution in [0.4, 0.5) is 0 Å². The third-order valence-electron chi connectivity index (χ3n) is 17.5. The minimum atomic E-state index is -4.96. The molecule has 17 nitrogen and oxygen atoms in total. The number of hydrogen-bond acceptors (Lipinski definition) is 15. The molecule has 2 unspecified atom stereocenters. The van der Waals surface area contributed by atoms with E-state index in [-0.39, 0.29) is 25.7 Å². The number of unbranched alkanes of at least 4 members (excludes halogenated alkanes) is 47. The lowest BCUT2D eigenvalue weighted by atomic mass is 10.0. The molecule has 0 heterocycles. The van der Waals surface area contributed by atoms with E-state index in [2.05, 4.69) is 52.0 Å². The van der Waals surface area contributed by atoms with Crippen LogP contribution in [-0.4, -0.2) is 96.7 Å². The number of aliphatic hydroxyl groups excluding tert-OH is 1. The molecule has 0 bridgehead atoms. The number of hydrogen-bond donors (Lipinski definition) is 3. The normalized spacial score (nSPS) is 14.0. The Bertz CT molecular complexity index is 1920. The van der Waals surface area contributed by atoms with Gasteiger partial charge >= 0.3 is 39.5 Å². The zero-order valence-corrected chi connectivity index (χ0v) is 63.6. The molecular weight excluding hydrogens is 1260 g/mol. The molecule has 0 aliphatic carbocycles. The highest BCUT2D eigenvalue weighted by Gasteiger charge is 2.30. The van der Waals surface area contributed by atoms with Gasteiger partial charge in [0.2, 0.25) is 0 Å². The molecule has 0 aromatic heterocycles. The lowest BCUT2D eigenvalue weighted by Gasteiger charge is -2.21. The summed E-state index contributed by atoms with van der Waals surface area (Å²) in [6.45, 7) is 4.84. The van der Waals surface area contributed by atoms with E-state index in [1.165, 1.54) is 199 Å². The zero-order chi connectivity index (χ0) is 70.4. The van der Waals surface area contributed by atoms with Crippen LogP contribution in [0.3, 0.4) is 0 Å². The van der Waals surface area contributed by atoms with E-state index in [9.17, 15) is 43.2 Å². The number of aliphatic hydroxyl groups is 1. The van der Waals surface area contributed by atoms with Gasteiger partial charge in [-0.05, 0) is 51.4 Å². The minimum Gasteiger partial charge on any atom is -0.462 e. The molecule has 0 spiro atoms. The van der Waals surface area contributed by atoms with Gasteiger partial charge in [-0.1, -0.05) is 335 Å². The van der Waals surface area contributed by atoms with Gasteiger partial charge in [-0.15, -0.1) is 0 Å². The van der Waals surface area contributed by atoms with Gasteiger partial charge in [0, 0.05) is 25.7 Å². The van der Waals surface area contributed by atoms with Crippen LogP contribution in [0.1, 0.15) is 387 Å². The fourth-order valence-corrected chi connectivity index (χ4v) is 13.0. The molecule has 0 radical (unpaired) electrons. The first-order chi connectivity index (χ1) is 46.7. The highest BCUT2D eigenvalue weighted by atomic mass is 31.2. The lowest BCUT2D eigenvalue weighted by Crippen LogP contribution is -2.30. The van der Waals surface area contributed by atoms with E-state index < -0.39 is 97.5 Å². The predicted octanol–water partition coefficient (Wildman–Crippen LogP) is 22.6. The SMILES string of the molecule is CCCCCC/C=C\C=C/CCCCCCCC(=O)O[C@H](COC(=O)CCCCCCC)COP(=O)(O)OC[C@H](O)COP(=O)(O)OC[C@@H](COC(=O)CCCCCCCCCCCCCCCCCCC)OC(=O)CCCCCCCCCCCCCCCCCCCCC. The van der Waals surface area contributed by atoms with E-state index in [1.54, 1.807) is 0 Å². The van der Waals surface area contributed by atoms with E-state index in [0.29, 0.717) is 25.7 Å². The zero-order valence-electron chi connectivity index (χ0n) is 61.8. The maximum absolute atomic E-state index is 13.1. The molecule has 0 fully saturated rings. The molecule has 0 saturated heterocycles. The molecule has 5 atom stereocenters. The maximum atomic E-state index is 13.1. The number of esters is 4. The standard InChI is InChI=1S/C77H146O17P2/c1-5-9-13-17-20-23-26-29-32-34-35-37-40-43-46-49-52-56-60-64-77(82)94-73(68-88-75(80)62-58-54-50-47-44-41-39-36-33-30-27-24-21-18-14-10-6-2)70-92-96(85,86)90-66-71(78)65-89-95(83,84)91-69-72(67-87-74(79)61-57-53-16-12-8-4)93-76(81)63-59-55-51-48-45-42-38-31-28-25-22-19-15-11-7-3/h25,28,31,38,71-73,78H,5-24,26-27,29-30,32-37,39-70H2,1-4H3,(H,83,84)(H,85,86)/b28-25-,38-31-/t71-,72+,73+/m0/s1. The highest BCUT2D eigenvalue weighted by Crippen LogP contribution is 2.45. The average Bonchev–Trinajstić information content (AvgIpc) is 1.29. The Morgan fingerprint density at radius 1 is 0.292 bits per heavy atom. The van der Waals surface area contributed by atoms with Gasteiger partial charge in [0.1, 0.15) is 19.3 Å². The van der Waals surface area contributed by atoms with Crippen molar-refractivity contribution in [2.45, 2.75) is 406 Å². The van der Waals surface area contributed by atoms with Gasteiger partial charge < -0.3 is 33.8 Å². The van der Waals surface area contributed by atoms with Crippen molar-refractivity contribution >= 4 is 39.5 Å². The van der Waals surface area contributed by atoms with E-state index in [4.69, 9.17) is 37.0 Å². The summed E-state index contributed by atoms with van der Waals surface area (Å²) < 4.78 is 68.3. The largest absolute Gasteiger partial charge is 0.472 e. The quantitative estimate of drug-likeness (QED) is 0.0169. The Balaban J connectivity index is 5.16. The Kier molecular flexibility index (Phi) is 69.1. The van der Waals surface area contributed by atoms with Crippen molar-refractivity contribution in [3.8, 4) is 0 Å². The van der Waals surface area contributed by atoms with Crippen LogP contribution in [-0.2, 0) is 65.4 Å².